The van der Waals surface area contributed by atoms with Gasteiger partial charge in [0.15, 0.2) is 0 Å². The zero-order valence-electron chi connectivity index (χ0n) is 46.7. The number of carbonyl (C=O) groups is 2. The lowest BCUT2D eigenvalue weighted by Crippen LogP contribution is -2.45. The molecule has 0 saturated carbocycles. The Kier molecular flexibility index (Phi) is 57.5. The Morgan fingerprint density at radius 1 is 0.400 bits per heavy atom. The van der Waals surface area contributed by atoms with Crippen LogP contribution in [0.5, 0.6) is 0 Å². The van der Waals surface area contributed by atoms with Gasteiger partial charge in [-0.25, -0.2) is 0 Å². The number of rotatable bonds is 57. The summed E-state index contributed by atoms with van der Waals surface area (Å²) in [6.45, 7) is 4.87. The van der Waals surface area contributed by atoms with Crippen molar-refractivity contribution in [3.8, 4) is 0 Å². The Labute approximate surface area is 436 Å². The van der Waals surface area contributed by atoms with Crippen LogP contribution in [-0.4, -0.2) is 47.4 Å². The number of ether oxygens (including phenoxy) is 1. The third-order valence-corrected chi connectivity index (χ3v) is 14.1. The van der Waals surface area contributed by atoms with E-state index in [1.165, 1.54) is 244 Å². The van der Waals surface area contributed by atoms with Crippen LogP contribution in [-0.2, 0) is 14.3 Å². The normalized spacial score (nSPS) is 12.9. The zero-order chi connectivity index (χ0) is 50.7. The summed E-state index contributed by atoms with van der Waals surface area (Å²) in [5.41, 5.74) is 0. The lowest BCUT2D eigenvalue weighted by molar-refractivity contribution is -0.143. The van der Waals surface area contributed by atoms with Crippen LogP contribution < -0.4 is 5.32 Å². The summed E-state index contributed by atoms with van der Waals surface area (Å²) >= 11 is 0. The second-order valence-corrected chi connectivity index (χ2v) is 21.0. The largest absolute Gasteiger partial charge is 0.466 e. The number of hydrogen-bond acceptors (Lipinski definition) is 5. The molecule has 0 radical (unpaired) electrons. The van der Waals surface area contributed by atoms with E-state index in [2.05, 4.69) is 55.6 Å². The Balaban J connectivity index is 3.40. The number of carbonyl (C=O) groups excluding carboxylic acids is 2. The Morgan fingerprint density at radius 3 is 1.11 bits per heavy atom. The summed E-state index contributed by atoms with van der Waals surface area (Å²) in [6, 6.07) is -0.630. The van der Waals surface area contributed by atoms with E-state index >= 15 is 0 Å². The highest BCUT2D eigenvalue weighted by Gasteiger charge is 2.18. The molecule has 0 spiro atoms. The standard InChI is InChI=1S/C64H119NO5/c1-3-5-7-9-11-13-15-16-17-18-28-31-34-38-42-46-50-54-58-64(69)70-59-55-51-47-43-39-35-32-29-26-24-22-20-19-21-23-25-27-30-33-37-41-45-49-53-57-63(68)65-61(60-66)62(67)56-52-48-44-40-36-14-12-10-8-6-4-2/h13,15,17-18,21,23,52,56,61-62,66-67H,3-12,14,16,19-20,22,24-51,53-55,57-60H2,1-2H3,(H,65,68)/b15-13-,18-17-,23-21-,56-52+. The maximum atomic E-state index is 12.4. The number of esters is 1. The second kappa shape index (κ2) is 59.4. The van der Waals surface area contributed by atoms with E-state index in [9.17, 15) is 19.8 Å². The predicted molar refractivity (Wildman–Crippen MR) is 306 cm³/mol. The average molecular weight is 983 g/mol. The molecule has 0 heterocycles. The smallest absolute Gasteiger partial charge is 0.305 e. The van der Waals surface area contributed by atoms with E-state index in [0.717, 1.165) is 51.4 Å². The number of allylic oxidation sites excluding steroid dienone is 7. The molecule has 0 aliphatic rings. The summed E-state index contributed by atoms with van der Waals surface area (Å²) in [5.74, 6) is -0.0697. The highest BCUT2D eigenvalue weighted by atomic mass is 16.5. The van der Waals surface area contributed by atoms with Gasteiger partial charge in [-0.1, -0.05) is 268 Å². The van der Waals surface area contributed by atoms with Crippen LogP contribution in [0.25, 0.3) is 0 Å². The van der Waals surface area contributed by atoms with Gasteiger partial charge in [-0.2, -0.15) is 0 Å². The highest BCUT2D eigenvalue weighted by molar-refractivity contribution is 5.76. The van der Waals surface area contributed by atoms with Crippen LogP contribution in [0.4, 0.5) is 0 Å². The van der Waals surface area contributed by atoms with Gasteiger partial charge in [0.1, 0.15) is 0 Å². The third-order valence-electron chi connectivity index (χ3n) is 14.1. The average Bonchev–Trinajstić information content (AvgIpc) is 3.36. The topological polar surface area (TPSA) is 95.9 Å². The van der Waals surface area contributed by atoms with Crippen molar-refractivity contribution in [2.45, 2.75) is 334 Å². The monoisotopic (exact) mass is 982 g/mol. The van der Waals surface area contributed by atoms with Crippen LogP contribution in [0.1, 0.15) is 322 Å². The molecule has 0 aromatic carbocycles. The van der Waals surface area contributed by atoms with Gasteiger partial charge in [0.05, 0.1) is 25.4 Å². The Bertz CT molecular complexity index is 1180. The number of nitrogens with one attached hydrogen (secondary N) is 1. The molecule has 1 amide bonds. The Morgan fingerprint density at radius 2 is 0.714 bits per heavy atom. The van der Waals surface area contributed by atoms with Crippen molar-refractivity contribution in [3.63, 3.8) is 0 Å². The first-order valence-corrected chi connectivity index (χ1v) is 30.9. The zero-order valence-corrected chi connectivity index (χ0v) is 46.7. The number of amides is 1. The fraction of sp³-hybridized carbons (Fsp3) is 0.844. The molecule has 6 heteroatoms. The first-order chi connectivity index (χ1) is 34.5. The van der Waals surface area contributed by atoms with Crippen molar-refractivity contribution in [1.29, 1.82) is 0 Å². The van der Waals surface area contributed by atoms with Gasteiger partial charge in [-0.15, -0.1) is 0 Å². The molecule has 3 N–H and O–H groups in total. The summed E-state index contributed by atoms with van der Waals surface area (Å²) in [4.78, 5) is 24.5. The molecule has 70 heavy (non-hydrogen) atoms. The van der Waals surface area contributed by atoms with Crippen LogP contribution in [0.15, 0.2) is 48.6 Å². The maximum Gasteiger partial charge on any atom is 0.305 e. The van der Waals surface area contributed by atoms with Crippen molar-refractivity contribution < 1.29 is 24.5 Å². The van der Waals surface area contributed by atoms with Gasteiger partial charge < -0.3 is 20.3 Å². The summed E-state index contributed by atoms with van der Waals surface area (Å²) < 4.78 is 5.49. The molecule has 2 unspecified atom stereocenters. The summed E-state index contributed by atoms with van der Waals surface area (Å²) in [6.07, 6.45) is 75.8. The van der Waals surface area contributed by atoms with E-state index in [4.69, 9.17) is 4.74 Å². The van der Waals surface area contributed by atoms with Gasteiger partial charge in [-0.05, 0) is 89.9 Å². The van der Waals surface area contributed by atoms with Crippen LogP contribution >= 0.6 is 0 Å². The number of hydrogen-bond donors (Lipinski definition) is 3. The number of unbranched alkanes of at least 4 members (excludes halogenated alkanes) is 40. The highest BCUT2D eigenvalue weighted by Crippen LogP contribution is 2.16. The molecule has 0 fully saturated rings. The van der Waals surface area contributed by atoms with Gasteiger partial charge in [-0.3, -0.25) is 9.59 Å². The predicted octanol–water partition coefficient (Wildman–Crippen LogP) is 19.4. The molecular weight excluding hydrogens is 863 g/mol. The van der Waals surface area contributed by atoms with Gasteiger partial charge in [0.25, 0.3) is 0 Å². The van der Waals surface area contributed by atoms with Gasteiger partial charge in [0.2, 0.25) is 5.91 Å². The molecule has 0 aliphatic heterocycles. The first kappa shape index (κ1) is 67.8. The SMILES string of the molecule is CCCCCC/C=C\C/C=C\CCCCCCCCCC(=O)OCCCCCCCCCCCCCC/C=C\CCCCCCCCCCC(=O)NC(CO)C(O)/C=C/CCCCCCCCCCC. The van der Waals surface area contributed by atoms with Crippen LogP contribution in [0.3, 0.4) is 0 Å². The third kappa shape index (κ3) is 55.1. The van der Waals surface area contributed by atoms with Crippen molar-refractivity contribution in [2.75, 3.05) is 13.2 Å². The van der Waals surface area contributed by atoms with Crippen LogP contribution in [0, 0.1) is 0 Å². The quantitative estimate of drug-likeness (QED) is 0.0321. The molecule has 0 aromatic rings. The molecule has 0 saturated heterocycles. The van der Waals surface area contributed by atoms with Crippen molar-refractivity contribution in [2.24, 2.45) is 0 Å². The lowest BCUT2D eigenvalue weighted by Gasteiger charge is -2.20. The fourth-order valence-corrected chi connectivity index (χ4v) is 9.31. The summed E-state index contributed by atoms with van der Waals surface area (Å²) in [7, 11) is 0. The molecule has 0 aromatic heterocycles. The molecule has 0 rings (SSSR count). The van der Waals surface area contributed by atoms with E-state index in [1.54, 1.807) is 6.08 Å². The van der Waals surface area contributed by atoms with Crippen molar-refractivity contribution >= 4 is 11.9 Å². The first-order valence-electron chi connectivity index (χ1n) is 30.9. The molecule has 0 aliphatic carbocycles. The van der Waals surface area contributed by atoms with Gasteiger partial charge in [0, 0.05) is 12.8 Å². The minimum Gasteiger partial charge on any atom is -0.466 e. The van der Waals surface area contributed by atoms with Crippen molar-refractivity contribution in [3.05, 3.63) is 48.6 Å². The van der Waals surface area contributed by atoms with Crippen molar-refractivity contribution in [1.82, 2.24) is 5.32 Å². The molecule has 410 valence electrons. The Hall–Kier alpha value is -2.18. The molecule has 6 nitrogen and oxygen atoms in total. The van der Waals surface area contributed by atoms with E-state index in [1.807, 2.05) is 6.08 Å². The number of aliphatic hydroxyl groups is 2. The molecule has 2 atom stereocenters. The van der Waals surface area contributed by atoms with Gasteiger partial charge >= 0.3 is 5.97 Å². The minimum atomic E-state index is -0.846. The van der Waals surface area contributed by atoms with E-state index < -0.39 is 12.1 Å². The van der Waals surface area contributed by atoms with Crippen LogP contribution in [0.2, 0.25) is 0 Å². The summed E-state index contributed by atoms with van der Waals surface area (Å²) in [5, 5.41) is 23.0. The van der Waals surface area contributed by atoms with E-state index in [-0.39, 0.29) is 18.5 Å². The lowest BCUT2D eigenvalue weighted by atomic mass is 10.0. The molecule has 0 bridgehead atoms. The minimum absolute atomic E-state index is 0.00428. The second-order valence-electron chi connectivity index (χ2n) is 21.0. The number of aliphatic hydroxyl groups excluding tert-OH is 2. The fourth-order valence-electron chi connectivity index (χ4n) is 9.31. The maximum absolute atomic E-state index is 12.4. The van der Waals surface area contributed by atoms with E-state index in [0.29, 0.717) is 19.4 Å². The molecular formula is C64H119NO5.